The molecule has 0 atom stereocenters. The van der Waals surface area contributed by atoms with E-state index in [1.807, 2.05) is 11.0 Å². The van der Waals surface area contributed by atoms with Crippen LogP contribution < -0.4 is 5.73 Å². The van der Waals surface area contributed by atoms with Crippen LogP contribution in [0.25, 0.3) is 0 Å². The van der Waals surface area contributed by atoms with Gasteiger partial charge in [0.2, 0.25) is 5.91 Å². The van der Waals surface area contributed by atoms with Gasteiger partial charge in [-0.3, -0.25) is 4.79 Å². The molecule has 3 nitrogen and oxygen atoms in total. The van der Waals surface area contributed by atoms with Crippen LogP contribution in [0.2, 0.25) is 0 Å². The summed E-state index contributed by atoms with van der Waals surface area (Å²) in [5.41, 5.74) is 6.04. The number of carbonyl (C=O) groups excluding carboxylic acids is 1. The van der Waals surface area contributed by atoms with Crippen molar-refractivity contribution in [3.8, 4) is 0 Å². The van der Waals surface area contributed by atoms with Crippen molar-refractivity contribution >= 4 is 5.91 Å². The highest BCUT2D eigenvalue weighted by atomic mass is 19.1. The van der Waals surface area contributed by atoms with Crippen molar-refractivity contribution in [1.29, 1.82) is 0 Å². The van der Waals surface area contributed by atoms with Gasteiger partial charge in [-0.05, 0) is 38.3 Å². The fourth-order valence-corrected chi connectivity index (χ4v) is 2.33. The summed E-state index contributed by atoms with van der Waals surface area (Å²) >= 11 is 0. The molecule has 0 aliphatic heterocycles. The van der Waals surface area contributed by atoms with E-state index in [9.17, 15) is 9.18 Å². The third-order valence-electron chi connectivity index (χ3n) is 3.73. The molecule has 1 aromatic carbocycles. The number of nitrogens with zero attached hydrogens (tertiary/aromatic N) is 1. The van der Waals surface area contributed by atoms with Gasteiger partial charge >= 0.3 is 0 Å². The van der Waals surface area contributed by atoms with Crippen molar-refractivity contribution in [1.82, 2.24) is 4.90 Å². The third kappa shape index (κ3) is 3.53. The molecule has 1 aromatic rings. The number of rotatable bonds is 6. The molecule has 104 valence electrons. The minimum Gasteiger partial charge on any atom is -0.335 e. The molecule has 2 rings (SSSR count). The highest BCUT2D eigenvalue weighted by Gasteiger charge is 2.28. The van der Waals surface area contributed by atoms with Crippen molar-refractivity contribution < 1.29 is 9.18 Å². The van der Waals surface area contributed by atoms with Crippen molar-refractivity contribution in [2.45, 2.75) is 44.7 Å². The molecule has 0 bridgehead atoms. The first-order valence-electron chi connectivity index (χ1n) is 6.95. The molecule has 1 fully saturated rings. The second-order valence-corrected chi connectivity index (χ2v) is 5.09. The average Bonchev–Trinajstić information content (AvgIpc) is 2.35. The first-order chi connectivity index (χ1) is 9.22. The van der Waals surface area contributed by atoms with Crippen molar-refractivity contribution in [3.63, 3.8) is 0 Å². The Kier molecular flexibility index (Phi) is 4.91. The van der Waals surface area contributed by atoms with Crippen LogP contribution in [0.5, 0.6) is 0 Å². The van der Waals surface area contributed by atoms with E-state index >= 15 is 0 Å². The first kappa shape index (κ1) is 14.0. The Morgan fingerprint density at radius 3 is 2.68 bits per heavy atom. The summed E-state index contributed by atoms with van der Waals surface area (Å²) in [5.74, 6) is -0.142. The predicted octanol–water partition coefficient (Wildman–Crippen LogP) is 2.45. The van der Waals surface area contributed by atoms with Crippen molar-refractivity contribution in [2.75, 3.05) is 6.54 Å². The highest BCUT2D eigenvalue weighted by molar-refractivity contribution is 5.76. The maximum atomic E-state index is 13.7. The fraction of sp³-hybridized carbons (Fsp3) is 0.533. The minimum atomic E-state index is -0.238. The minimum absolute atomic E-state index is 0.0957. The number of halogens is 1. The average molecular weight is 264 g/mol. The van der Waals surface area contributed by atoms with E-state index in [4.69, 9.17) is 5.73 Å². The Hall–Kier alpha value is -1.42. The summed E-state index contributed by atoms with van der Waals surface area (Å²) < 4.78 is 13.7. The molecule has 0 unspecified atom stereocenters. The summed E-state index contributed by atoms with van der Waals surface area (Å²) in [4.78, 5) is 14.0. The van der Waals surface area contributed by atoms with E-state index in [-0.39, 0.29) is 17.8 Å². The SMILES string of the molecule is NCCCC(=O)N(Cc1ccccc1F)C1CCC1. The highest BCUT2D eigenvalue weighted by Crippen LogP contribution is 2.27. The van der Waals surface area contributed by atoms with Gasteiger partial charge in [0.15, 0.2) is 0 Å². The second-order valence-electron chi connectivity index (χ2n) is 5.09. The van der Waals surface area contributed by atoms with Gasteiger partial charge in [-0.15, -0.1) is 0 Å². The molecular weight excluding hydrogens is 243 g/mol. The number of carbonyl (C=O) groups is 1. The standard InChI is InChI=1S/C15H21FN2O/c16-14-8-2-1-5-12(14)11-18(13-6-3-7-13)15(19)9-4-10-17/h1-2,5,8,13H,3-4,6-7,9-11,17H2. The van der Waals surface area contributed by atoms with Crippen LogP contribution in [-0.4, -0.2) is 23.4 Å². The largest absolute Gasteiger partial charge is 0.335 e. The number of nitrogens with two attached hydrogens (primary N) is 1. The van der Waals surface area contributed by atoms with Crippen LogP contribution in [-0.2, 0) is 11.3 Å². The number of hydrogen-bond acceptors (Lipinski definition) is 2. The second kappa shape index (κ2) is 6.66. The van der Waals surface area contributed by atoms with Crippen LogP contribution in [0, 0.1) is 5.82 Å². The smallest absolute Gasteiger partial charge is 0.223 e. The van der Waals surface area contributed by atoms with Crippen LogP contribution in [0.4, 0.5) is 4.39 Å². The fourth-order valence-electron chi connectivity index (χ4n) is 2.33. The molecule has 1 aliphatic rings. The van der Waals surface area contributed by atoms with Gasteiger partial charge in [0.1, 0.15) is 5.82 Å². The van der Waals surface area contributed by atoms with Gasteiger partial charge in [-0.1, -0.05) is 18.2 Å². The maximum absolute atomic E-state index is 13.7. The molecule has 0 spiro atoms. The van der Waals surface area contributed by atoms with Gasteiger partial charge in [-0.2, -0.15) is 0 Å². The molecule has 0 aromatic heterocycles. The van der Waals surface area contributed by atoms with E-state index in [1.165, 1.54) is 6.07 Å². The molecule has 0 saturated heterocycles. The predicted molar refractivity (Wildman–Crippen MR) is 72.9 cm³/mol. The summed E-state index contributed by atoms with van der Waals surface area (Å²) in [7, 11) is 0. The Balaban J connectivity index is 2.05. The lowest BCUT2D eigenvalue weighted by atomic mass is 9.90. The lowest BCUT2D eigenvalue weighted by Gasteiger charge is -2.38. The quantitative estimate of drug-likeness (QED) is 0.858. The lowest BCUT2D eigenvalue weighted by Crippen LogP contribution is -2.43. The number of hydrogen-bond donors (Lipinski definition) is 1. The zero-order valence-corrected chi connectivity index (χ0v) is 11.1. The van der Waals surface area contributed by atoms with E-state index < -0.39 is 0 Å². The molecule has 19 heavy (non-hydrogen) atoms. The topological polar surface area (TPSA) is 46.3 Å². The van der Waals surface area contributed by atoms with E-state index in [0.717, 1.165) is 19.3 Å². The molecule has 1 aliphatic carbocycles. The zero-order valence-electron chi connectivity index (χ0n) is 11.1. The Bertz CT molecular complexity index is 432. The monoisotopic (exact) mass is 264 g/mol. The summed E-state index contributed by atoms with van der Waals surface area (Å²) in [6.45, 7) is 0.894. The van der Waals surface area contributed by atoms with Gasteiger partial charge < -0.3 is 10.6 Å². The molecule has 1 amide bonds. The lowest BCUT2D eigenvalue weighted by molar-refractivity contribution is -0.136. The van der Waals surface area contributed by atoms with E-state index in [2.05, 4.69) is 0 Å². The molecule has 1 saturated carbocycles. The van der Waals surface area contributed by atoms with Gasteiger partial charge in [-0.25, -0.2) is 4.39 Å². The molecule has 0 heterocycles. The van der Waals surface area contributed by atoms with Gasteiger partial charge in [0, 0.05) is 24.6 Å². The Morgan fingerprint density at radius 2 is 2.11 bits per heavy atom. The molecule has 4 heteroatoms. The third-order valence-corrected chi connectivity index (χ3v) is 3.73. The normalized spacial score (nSPS) is 15.1. The van der Waals surface area contributed by atoms with E-state index in [0.29, 0.717) is 31.5 Å². The van der Waals surface area contributed by atoms with Crippen LogP contribution in [0.1, 0.15) is 37.7 Å². The van der Waals surface area contributed by atoms with Crippen molar-refractivity contribution in [2.24, 2.45) is 5.73 Å². The first-order valence-corrected chi connectivity index (χ1v) is 6.95. The number of benzene rings is 1. The van der Waals surface area contributed by atoms with Gasteiger partial charge in [0.25, 0.3) is 0 Å². The van der Waals surface area contributed by atoms with E-state index in [1.54, 1.807) is 12.1 Å². The zero-order chi connectivity index (χ0) is 13.7. The molecule has 0 radical (unpaired) electrons. The summed E-state index contributed by atoms with van der Waals surface area (Å²) in [6, 6.07) is 6.95. The Labute approximate surface area is 113 Å². The molecule has 2 N–H and O–H groups in total. The maximum Gasteiger partial charge on any atom is 0.223 e. The van der Waals surface area contributed by atoms with Crippen LogP contribution in [0.3, 0.4) is 0 Å². The Morgan fingerprint density at radius 1 is 1.37 bits per heavy atom. The van der Waals surface area contributed by atoms with Gasteiger partial charge in [0.05, 0.1) is 0 Å². The van der Waals surface area contributed by atoms with Crippen molar-refractivity contribution in [3.05, 3.63) is 35.6 Å². The summed E-state index contributed by atoms with van der Waals surface area (Å²) in [5, 5.41) is 0. The number of amides is 1. The summed E-state index contributed by atoms with van der Waals surface area (Å²) in [6.07, 6.45) is 4.37. The molecular formula is C15H21FN2O. The van der Waals surface area contributed by atoms with Crippen LogP contribution in [0.15, 0.2) is 24.3 Å². The van der Waals surface area contributed by atoms with Crippen LogP contribution >= 0.6 is 0 Å².